The van der Waals surface area contributed by atoms with Crippen LogP contribution >= 0.6 is 15.9 Å². The van der Waals surface area contributed by atoms with E-state index in [1.54, 1.807) is 7.11 Å². The molecule has 1 aliphatic rings. The fraction of sp³-hybridized carbons (Fsp3) is 0.588. The normalized spacial score (nSPS) is 25.4. The van der Waals surface area contributed by atoms with Gasteiger partial charge in [0.1, 0.15) is 5.75 Å². The highest BCUT2D eigenvalue weighted by Crippen LogP contribution is 2.34. The number of amides is 1. The molecule has 4 heteroatoms. The van der Waals surface area contributed by atoms with Gasteiger partial charge in [0.15, 0.2) is 0 Å². The number of carbonyl (C=O) groups is 1. The molecule has 2 atom stereocenters. The number of alkyl halides is 1. The Hall–Kier alpha value is -1.03. The van der Waals surface area contributed by atoms with Crippen molar-refractivity contribution in [3.8, 4) is 5.75 Å². The quantitative estimate of drug-likeness (QED) is 0.828. The molecule has 2 unspecified atom stereocenters. The maximum atomic E-state index is 12.7. The molecule has 0 aliphatic heterocycles. The Balaban J connectivity index is 2.22. The van der Waals surface area contributed by atoms with E-state index in [1.807, 2.05) is 25.1 Å². The zero-order valence-electron chi connectivity index (χ0n) is 13.0. The van der Waals surface area contributed by atoms with Crippen LogP contribution in [0.3, 0.4) is 0 Å². The Labute approximate surface area is 135 Å². The summed E-state index contributed by atoms with van der Waals surface area (Å²) in [5, 5.41) is 4.06. The molecule has 116 valence electrons. The van der Waals surface area contributed by atoms with Gasteiger partial charge in [-0.1, -0.05) is 47.3 Å². The van der Waals surface area contributed by atoms with Gasteiger partial charge in [-0.2, -0.15) is 0 Å². The van der Waals surface area contributed by atoms with E-state index in [-0.39, 0.29) is 11.4 Å². The number of halogens is 1. The number of methoxy groups -OCH3 is 1. The van der Waals surface area contributed by atoms with Crippen molar-refractivity contribution >= 4 is 21.8 Å². The van der Waals surface area contributed by atoms with Crippen molar-refractivity contribution < 1.29 is 9.53 Å². The summed E-state index contributed by atoms with van der Waals surface area (Å²) in [5.41, 5.74) is 1.55. The van der Waals surface area contributed by atoms with E-state index >= 15 is 0 Å². The number of nitrogens with one attached hydrogen (secondary N) is 1. The average molecular weight is 354 g/mol. The molecule has 3 nitrogen and oxygen atoms in total. The first-order chi connectivity index (χ1) is 9.99. The highest BCUT2D eigenvalue weighted by Gasteiger charge is 2.36. The first-order valence-electron chi connectivity index (χ1n) is 7.53. The van der Waals surface area contributed by atoms with Gasteiger partial charge < -0.3 is 10.1 Å². The fourth-order valence-corrected chi connectivity index (χ4v) is 3.89. The number of rotatable bonds is 4. The third-order valence-corrected chi connectivity index (χ3v) is 5.40. The van der Waals surface area contributed by atoms with Crippen LogP contribution < -0.4 is 10.1 Å². The summed E-state index contributed by atoms with van der Waals surface area (Å²) >= 11 is 3.60. The predicted octanol–water partition coefficient (Wildman–Crippen LogP) is 4.08. The molecule has 0 heterocycles. The van der Waals surface area contributed by atoms with Gasteiger partial charge in [-0.15, -0.1) is 0 Å². The van der Waals surface area contributed by atoms with E-state index in [0.717, 1.165) is 30.2 Å². The van der Waals surface area contributed by atoms with Crippen molar-refractivity contribution in [3.63, 3.8) is 0 Å². The summed E-state index contributed by atoms with van der Waals surface area (Å²) in [7, 11) is 1.60. The van der Waals surface area contributed by atoms with Gasteiger partial charge in [-0.3, -0.25) is 4.79 Å². The predicted molar refractivity (Wildman–Crippen MR) is 89.4 cm³/mol. The molecule has 1 aromatic carbocycles. The van der Waals surface area contributed by atoms with Crippen LogP contribution in [-0.4, -0.2) is 23.9 Å². The molecule has 1 aliphatic carbocycles. The zero-order valence-corrected chi connectivity index (χ0v) is 14.6. The largest absolute Gasteiger partial charge is 0.496 e. The van der Waals surface area contributed by atoms with Crippen LogP contribution in [0, 0.1) is 12.8 Å². The van der Waals surface area contributed by atoms with Crippen molar-refractivity contribution in [1.29, 1.82) is 0 Å². The summed E-state index contributed by atoms with van der Waals surface area (Å²) in [6.45, 7) is 4.25. The maximum Gasteiger partial charge on any atom is 0.255 e. The minimum atomic E-state index is -0.135. The Morgan fingerprint density at radius 2 is 2.29 bits per heavy atom. The van der Waals surface area contributed by atoms with Crippen LogP contribution in [0.15, 0.2) is 18.2 Å². The van der Waals surface area contributed by atoms with E-state index in [4.69, 9.17) is 4.74 Å². The van der Waals surface area contributed by atoms with Crippen molar-refractivity contribution in [1.82, 2.24) is 5.32 Å². The minimum Gasteiger partial charge on any atom is -0.496 e. The number of carbonyl (C=O) groups excluding carboxylic acids is 1. The van der Waals surface area contributed by atoms with Gasteiger partial charge in [0.2, 0.25) is 0 Å². The second kappa shape index (κ2) is 6.82. The van der Waals surface area contributed by atoms with Gasteiger partial charge in [0, 0.05) is 5.33 Å². The highest BCUT2D eigenvalue weighted by molar-refractivity contribution is 9.09. The number of ether oxygens (including phenoxy) is 1. The fourth-order valence-electron chi connectivity index (χ4n) is 3.24. The van der Waals surface area contributed by atoms with Gasteiger partial charge in [-0.05, 0) is 37.8 Å². The van der Waals surface area contributed by atoms with Gasteiger partial charge in [0.25, 0.3) is 5.91 Å². The van der Waals surface area contributed by atoms with E-state index in [2.05, 4.69) is 28.2 Å². The first-order valence-corrected chi connectivity index (χ1v) is 8.65. The van der Waals surface area contributed by atoms with Crippen molar-refractivity contribution in [2.75, 3.05) is 12.4 Å². The average Bonchev–Trinajstić information content (AvgIpc) is 2.47. The molecule has 0 radical (unpaired) electrons. The summed E-state index contributed by atoms with van der Waals surface area (Å²) in [6.07, 6.45) is 4.47. The molecule has 0 saturated heterocycles. The highest BCUT2D eigenvalue weighted by atomic mass is 79.9. The zero-order chi connectivity index (χ0) is 15.5. The summed E-state index contributed by atoms with van der Waals surface area (Å²) in [4.78, 5) is 12.7. The number of benzene rings is 1. The van der Waals surface area contributed by atoms with E-state index in [9.17, 15) is 4.79 Å². The topological polar surface area (TPSA) is 38.3 Å². The molecule has 0 spiro atoms. The number of aryl methyl sites for hydroxylation is 1. The lowest BCUT2D eigenvalue weighted by molar-refractivity contribution is 0.0866. The molecular weight excluding hydrogens is 330 g/mol. The molecule has 0 bridgehead atoms. The summed E-state index contributed by atoms with van der Waals surface area (Å²) in [6, 6.07) is 5.70. The lowest BCUT2D eigenvalue weighted by atomic mass is 9.77. The Morgan fingerprint density at radius 1 is 1.52 bits per heavy atom. The van der Waals surface area contributed by atoms with E-state index in [0.29, 0.717) is 17.2 Å². The molecule has 1 fully saturated rings. The molecule has 21 heavy (non-hydrogen) atoms. The molecule has 1 aromatic rings. The smallest absolute Gasteiger partial charge is 0.255 e. The standard InChI is InChI=1S/C17H24BrNO2/c1-12-6-7-15(21-3)14(9-12)16(20)19-17(11-18)8-4-5-13(2)10-17/h6-7,9,13H,4-5,8,10-11H2,1-3H3,(H,19,20). The van der Waals surface area contributed by atoms with Crippen molar-refractivity contribution in [3.05, 3.63) is 29.3 Å². The minimum absolute atomic E-state index is 0.0379. The Kier molecular flexibility index (Phi) is 5.31. The summed E-state index contributed by atoms with van der Waals surface area (Å²) in [5.74, 6) is 1.24. The Bertz CT molecular complexity index is 518. The molecule has 1 N–H and O–H groups in total. The number of hydrogen-bond donors (Lipinski definition) is 1. The molecule has 1 saturated carbocycles. The second-order valence-corrected chi connectivity index (χ2v) is 6.83. The van der Waals surface area contributed by atoms with Crippen LogP contribution in [0.25, 0.3) is 0 Å². The van der Waals surface area contributed by atoms with Gasteiger partial charge in [0.05, 0.1) is 18.2 Å². The Morgan fingerprint density at radius 3 is 2.90 bits per heavy atom. The van der Waals surface area contributed by atoms with Crippen LogP contribution in [0.5, 0.6) is 5.75 Å². The second-order valence-electron chi connectivity index (χ2n) is 6.27. The maximum absolute atomic E-state index is 12.7. The molecule has 2 rings (SSSR count). The molecule has 1 amide bonds. The third-order valence-electron chi connectivity index (χ3n) is 4.33. The van der Waals surface area contributed by atoms with Crippen LogP contribution in [0.2, 0.25) is 0 Å². The van der Waals surface area contributed by atoms with Crippen LogP contribution in [0.1, 0.15) is 48.5 Å². The molecular formula is C17H24BrNO2. The van der Waals surface area contributed by atoms with Crippen LogP contribution in [0.4, 0.5) is 0 Å². The van der Waals surface area contributed by atoms with E-state index < -0.39 is 0 Å². The van der Waals surface area contributed by atoms with Gasteiger partial charge in [-0.25, -0.2) is 0 Å². The van der Waals surface area contributed by atoms with Gasteiger partial charge >= 0.3 is 0 Å². The van der Waals surface area contributed by atoms with Crippen molar-refractivity contribution in [2.24, 2.45) is 5.92 Å². The van der Waals surface area contributed by atoms with Crippen molar-refractivity contribution in [2.45, 2.75) is 45.1 Å². The molecule has 0 aromatic heterocycles. The number of hydrogen-bond acceptors (Lipinski definition) is 2. The van der Waals surface area contributed by atoms with Crippen LogP contribution in [-0.2, 0) is 0 Å². The lowest BCUT2D eigenvalue weighted by Gasteiger charge is -2.39. The lowest BCUT2D eigenvalue weighted by Crippen LogP contribution is -2.52. The third kappa shape index (κ3) is 3.79. The SMILES string of the molecule is COc1ccc(C)cc1C(=O)NC1(CBr)CCCC(C)C1. The summed E-state index contributed by atoms with van der Waals surface area (Å²) < 4.78 is 5.33. The monoisotopic (exact) mass is 353 g/mol. The first kappa shape index (κ1) is 16.3. The van der Waals surface area contributed by atoms with E-state index in [1.165, 1.54) is 6.42 Å².